The van der Waals surface area contributed by atoms with E-state index in [4.69, 9.17) is 4.74 Å². The van der Waals surface area contributed by atoms with E-state index >= 15 is 0 Å². The Morgan fingerprint density at radius 2 is 2.16 bits per heavy atom. The van der Waals surface area contributed by atoms with Crippen LogP contribution in [0, 0.1) is 12.9 Å². The summed E-state index contributed by atoms with van der Waals surface area (Å²) in [6.07, 6.45) is 4.38. The van der Waals surface area contributed by atoms with Crippen LogP contribution in [0.25, 0.3) is 16.9 Å². The first-order valence-corrected chi connectivity index (χ1v) is 8.50. The molecule has 0 aromatic carbocycles. The van der Waals surface area contributed by atoms with E-state index in [0.29, 0.717) is 17.1 Å². The molecule has 0 bridgehead atoms. The van der Waals surface area contributed by atoms with Gasteiger partial charge in [-0.15, -0.1) is 5.10 Å². The van der Waals surface area contributed by atoms with Crippen molar-refractivity contribution >= 4 is 5.65 Å². The molecule has 1 aliphatic rings. The van der Waals surface area contributed by atoms with Gasteiger partial charge in [0.25, 0.3) is 0 Å². The van der Waals surface area contributed by atoms with Crippen LogP contribution in [-0.2, 0) is 0 Å². The minimum atomic E-state index is -0.462. The highest BCUT2D eigenvalue weighted by molar-refractivity contribution is 5.62. The second kappa shape index (κ2) is 6.40. The zero-order valence-electron chi connectivity index (χ0n) is 14.3. The molecule has 1 unspecified atom stereocenters. The van der Waals surface area contributed by atoms with Crippen LogP contribution in [0.5, 0.6) is 5.88 Å². The number of likely N-dealkylation sites (N-methyl/N-ethyl adjacent to an activating group) is 1. The molecule has 0 N–H and O–H groups in total. The van der Waals surface area contributed by atoms with Crippen molar-refractivity contribution in [3.8, 4) is 17.1 Å². The van der Waals surface area contributed by atoms with Gasteiger partial charge in [0.15, 0.2) is 5.65 Å². The number of hydrogen-bond donors (Lipinski definition) is 0. The fourth-order valence-electron chi connectivity index (χ4n) is 3.17. The quantitative estimate of drug-likeness (QED) is 0.683. The van der Waals surface area contributed by atoms with E-state index in [0.717, 1.165) is 37.3 Å². The van der Waals surface area contributed by atoms with Gasteiger partial charge in [-0.05, 0) is 32.0 Å². The number of hydrogen-bond acceptors (Lipinski definition) is 5. The third-order valence-corrected chi connectivity index (χ3v) is 4.61. The molecule has 130 valence electrons. The summed E-state index contributed by atoms with van der Waals surface area (Å²) in [7, 11) is 0. The van der Waals surface area contributed by atoms with Gasteiger partial charge in [-0.25, -0.2) is 14.5 Å². The topological polar surface area (TPSA) is 55.5 Å². The molecule has 0 saturated carbocycles. The van der Waals surface area contributed by atoms with Crippen molar-refractivity contribution in [1.29, 1.82) is 0 Å². The summed E-state index contributed by atoms with van der Waals surface area (Å²) in [6.45, 7) is 6.86. The number of ether oxygens (including phenoxy) is 1. The number of halogens is 1. The van der Waals surface area contributed by atoms with Crippen molar-refractivity contribution in [3.05, 3.63) is 42.1 Å². The molecular formula is C18H20FN5O. The van der Waals surface area contributed by atoms with Crippen molar-refractivity contribution < 1.29 is 9.13 Å². The highest BCUT2D eigenvalue weighted by Gasteiger charge is 2.23. The summed E-state index contributed by atoms with van der Waals surface area (Å²) in [5.74, 6) is 0.109. The summed E-state index contributed by atoms with van der Waals surface area (Å²) in [5, 5.41) is 4.57. The van der Waals surface area contributed by atoms with Crippen LogP contribution in [0.2, 0.25) is 0 Å². The van der Waals surface area contributed by atoms with E-state index in [-0.39, 0.29) is 6.10 Å². The Labute approximate surface area is 145 Å². The molecule has 3 aromatic rings. The normalized spacial score (nSPS) is 18.1. The van der Waals surface area contributed by atoms with Gasteiger partial charge >= 0.3 is 0 Å². The summed E-state index contributed by atoms with van der Waals surface area (Å²) < 4.78 is 21.2. The van der Waals surface area contributed by atoms with Crippen molar-refractivity contribution in [2.45, 2.75) is 26.4 Å². The summed E-state index contributed by atoms with van der Waals surface area (Å²) >= 11 is 0. The number of fused-ring (bicyclic) bond motifs is 1. The van der Waals surface area contributed by atoms with E-state index in [1.807, 2.05) is 12.1 Å². The maximum Gasteiger partial charge on any atom is 0.232 e. The highest BCUT2D eigenvalue weighted by Crippen LogP contribution is 2.23. The fraction of sp³-hybridized carbons (Fsp3) is 0.389. The molecule has 7 heteroatoms. The minimum Gasteiger partial charge on any atom is -0.472 e. The average molecular weight is 341 g/mol. The monoisotopic (exact) mass is 341 g/mol. The fourth-order valence-corrected chi connectivity index (χ4v) is 3.17. The Hall–Kier alpha value is -2.54. The molecule has 0 radical (unpaired) electrons. The SMILES string of the molecule is CCN1CCC(Oc2ccc3ncc(-c4cnc(F)c(C)c4)n3n2)C1. The van der Waals surface area contributed by atoms with Crippen molar-refractivity contribution in [3.63, 3.8) is 0 Å². The predicted molar refractivity (Wildman–Crippen MR) is 92.1 cm³/mol. The van der Waals surface area contributed by atoms with E-state index in [1.54, 1.807) is 23.7 Å². The van der Waals surface area contributed by atoms with Crippen LogP contribution in [0.3, 0.4) is 0 Å². The van der Waals surface area contributed by atoms with Crippen LogP contribution in [0.4, 0.5) is 4.39 Å². The molecule has 0 spiro atoms. The zero-order valence-corrected chi connectivity index (χ0v) is 14.3. The lowest BCUT2D eigenvalue weighted by atomic mass is 10.2. The third kappa shape index (κ3) is 3.07. The molecule has 1 aliphatic heterocycles. The van der Waals surface area contributed by atoms with Crippen LogP contribution in [-0.4, -0.2) is 50.2 Å². The third-order valence-electron chi connectivity index (χ3n) is 4.61. The Balaban J connectivity index is 1.64. The first-order valence-electron chi connectivity index (χ1n) is 8.50. The van der Waals surface area contributed by atoms with E-state index in [2.05, 4.69) is 26.9 Å². The smallest absolute Gasteiger partial charge is 0.232 e. The molecule has 0 amide bonds. The molecule has 3 aromatic heterocycles. The predicted octanol–water partition coefficient (Wildman–Crippen LogP) is 2.71. The molecule has 6 nitrogen and oxygen atoms in total. The first kappa shape index (κ1) is 16.0. The number of aryl methyl sites for hydroxylation is 1. The molecule has 4 rings (SSSR count). The van der Waals surface area contributed by atoms with Crippen LogP contribution in [0.15, 0.2) is 30.6 Å². The van der Waals surface area contributed by atoms with Gasteiger partial charge < -0.3 is 4.74 Å². The van der Waals surface area contributed by atoms with Gasteiger partial charge in [0.1, 0.15) is 6.10 Å². The molecule has 1 fully saturated rings. The zero-order chi connectivity index (χ0) is 17.4. The van der Waals surface area contributed by atoms with Crippen LogP contribution < -0.4 is 4.74 Å². The van der Waals surface area contributed by atoms with Gasteiger partial charge in [-0.1, -0.05) is 6.92 Å². The molecule has 1 saturated heterocycles. The van der Waals surface area contributed by atoms with E-state index in [9.17, 15) is 4.39 Å². The second-order valence-corrected chi connectivity index (χ2v) is 6.34. The van der Waals surface area contributed by atoms with Gasteiger partial charge in [0.2, 0.25) is 11.8 Å². The van der Waals surface area contributed by atoms with Gasteiger partial charge in [-0.2, -0.15) is 4.39 Å². The second-order valence-electron chi connectivity index (χ2n) is 6.34. The van der Waals surface area contributed by atoms with E-state index < -0.39 is 5.95 Å². The van der Waals surface area contributed by atoms with Crippen molar-refractivity contribution in [2.24, 2.45) is 0 Å². The van der Waals surface area contributed by atoms with Crippen molar-refractivity contribution in [1.82, 2.24) is 24.5 Å². The molecular weight excluding hydrogens is 321 g/mol. The average Bonchev–Trinajstić information content (AvgIpc) is 3.24. The standard InChI is InChI=1S/C18H20FN5O/c1-3-23-7-6-14(11-23)25-17-5-4-16-20-10-15(24(16)22-17)13-8-12(2)18(19)21-9-13/h4-5,8-10,14H,3,6-7,11H2,1-2H3. The molecule has 4 heterocycles. The summed E-state index contributed by atoms with van der Waals surface area (Å²) in [6, 6.07) is 5.47. The summed E-state index contributed by atoms with van der Waals surface area (Å²) in [5.41, 5.74) is 2.74. The maximum atomic E-state index is 13.4. The Morgan fingerprint density at radius 3 is 2.92 bits per heavy atom. The number of pyridine rings is 1. The first-order chi connectivity index (χ1) is 12.1. The lowest BCUT2D eigenvalue weighted by molar-refractivity contribution is 0.192. The number of rotatable bonds is 4. The molecule has 1 atom stereocenters. The van der Waals surface area contributed by atoms with Crippen molar-refractivity contribution in [2.75, 3.05) is 19.6 Å². The van der Waals surface area contributed by atoms with Crippen LogP contribution >= 0.6 is 0 Å². The lowest BCUT2D eigenvalue weighted by Crippen LogP contribution is -2.24. The highest BCUT2D eigenvalue weighted by atomic mass is 19.1. The number of imidazole rings is 1. The molecule has 0 aliphatic carbocycles. The largest absolute Gasteiger partial charge is 0.472 e. The molecule has 25 heavy (non-hydrogen) atoms. The Morgan fingerprint density at radius 1 is 1.28 bits per heavy atom. The lowest BCUT2D eigenvalue weighted by Gasteiger charge is -2.14. The van der Waals surface area contributed by atoms with Gasteiger partial charge in [0, 0.05) is 36.5 Å². The van der Waals surface area contributed by atoms with Gasteiger partial charge in [0.05, 0.1) is 11.9 Å². The maximum absolute atomic E-state index is 13.4. The minimum absolute atomic E-state index is 0.159. The van der Waals surface area contributed by atoms with Gasteiger partial charge in [-0.3, -0.25) is 4.90 Å². The number of nitrogens with zero attached hydrogens (tertiary/aromatic N) is 5. The van der Waals surface area contributed by atoms with Crippen LogP contribution in [0.1, 0.15) is 18.9 Å². The summed E-state index contributed by atoms with van der Waals surface area (Å²) in [4.78, 5) is 10.5. The Bertz CT molecular complexity index is 910. The number of likely N-dealkylation sites (tertiary alicyclic amines) is 1. The van der Waals surface area contributed by atoms with E-state index in [1.165, 1.54) is 6.20 Å². The number of aromatic nitrogens is 4. The Kier molecular flexibility index (Phi) is 4.09.